The second-order valence-electron chi connectivity index (χ2n) is 0.154. The van der Waals surface area contributed by atoms with Crippen molar-refractivity contribution in [3.8, 4) is 0 Å². The Bertz CT molecular complexity index is 8.00. The van der Waals surface area contributed by atoms with Crippen LogP contribution in [0.1, 0.15) is 0 Å². The molecule has 0 rings (SSSR count). The van der Waals surface area contributed by atoms with Gasteiger partial charge in [-0.2, -0.15) is 0 Å². The normalized spacial score (nSPS) is 4.50. The van der Waals surface area contributed by atoms with Gasteiger partial charge in [-0.3, -0.25) is 4.29 Å². The van der Waals surface area contributed by atoms with E-state index in [9.17, 15) is 0 Å². The van der Waals surface area contributed by atoms with Crippen LogP contribution < -0.4 is 0 Å². The summed E-state index contributed by atoms with van der Waals surface area (Å²) < 4.78 is 3.72. The second kappa shape index (κ2) is 8.92. The van der Waals surface area contributed by atoms with Crippen LogP contribution in [0.3, 0.4) is 0 Å². The van der Waals surface area contributed by atoms with E-state index in [1.807, 2.05) is 0 Å². The van der Waals surface area contributed by atoms with Gasteiger partial charge in [0, 0.05) is 25.8 Å². The van der Waals surface area contributed by atoms with Gasteiger partial charge in [-0.15, -0.1) is 0 Å². The van der Waals surface area contributed by atoms with Crippen LogP contribution in [-0.4, -0.2) is 7.11 Å². The Balaban J connectivity index is 0. The topological polar surface area (TPSA) is 9.23 Å². The summed E-state index contributed by atoms with van der Waals surface area (Å²) in [4.78, 5) is 0. The zero-order chi connectivity index (χ0) is 2.71. The van der Waals surface area contributed by atoms with E-state index < -0.39 is 0 Å². The summed E-state index contributed by atoms with van der Waals surface area (Å²) in [5, 5.41) is 0. The Morgan fingerprint density at radius 3 is 1.75 bits per heavy atom. The zero-order valence-corrected chi connectivity index (χ0v) is 6.63. The molecule has 0 aliphatic rings. The molecule has 1 nitrogen and oxygen atoms in total. The summed E-state index contributed by atoms with van der Waals surface area (Å²) in [6.07, 6.45) is 0. The smallest absolute Gasteiger partial charge is 0.0606 e. The van der Waals surface area contributed by atoms with Gasteiger partial charge < -0.3 is 0 Å². The molecule has 0 aliphatic carbocycles. The van der Waals surface area contributed by atoms with Gasteiger partial charge in [-0.1, -0.05) is 0 Å². The third-order valence-corrected chi connectivity index (χ3v) is 0. The average molecular weight is 245 g/mol. The van der Waals surface area contributed by atoms with Crippen LogP contribution in [-0.2, 0) is 30.1 Å². The van der Waals surface area contributed by atoms with Gasteiger partial charge in [0.05, 0.1) is 19.0 Å². The molecule has 24 valence electrons. The van der Waals surface area contributed by atoms with Crippen LogP contribution >= 0.6 is 11.9 Å². The SMILES string of the molecule is COCl.[Hf]. The minimum absolute atomic E-state index is 0. The molecule has 3 heteroatoms. The Morgan fingerprint density at radius 1 is 1.75 bits per heavy atom. The molecule has 0 unspecified atom stereocenters. The average Bonchev–Trinajstić information content (AvgIpc) is 0.918. The minimum atomic E-state index is 0. The van der Waals surface area contributed by atoms with Crippen LogP contribution in [0, 0.1) is 0 Å². The molecule has 4 heavy (non-hydrogen) atoms. The van der Waals surface area contributed by atoms with E-state index in [-0.39, 0.29) is 25.8 Å². The van der Waals surface area contributed by atoms with Crippen LogP contribution in [0.4, 0.5) is 0 Å². The van der Waals surface area contributed by atoms with Crippen molar-refractivity contribution in [2.45, 2.75) is 0 Å². The summed E-state index contributed by atoms with van der Waals surface area (Å²) >= 11 is 4.50. The van der Waals surface area contributed by atoms with E-state index in [0.717, 1.165) is 0 Å². The third-order valence-electron chi connectivity index (χ3n) is 0. The molecule has 0 aromatic carbocycles. The van der Waals surface area contributed by atoms with Crippen molar-refractivity contribution in [1.29, 1.82) is 0 Å². The van der Waals surface area contributed by atoms with E-state index in [2.05, 4.69) is 16.2 Å². The van der Waals surface area contributed by atoms with Gasteiger partial charge in [-0.25, -0.2) is 0 Å². The fourth-order valence-electron chi connectivity index (χ4n) is 0. The molecule has 0 spiro atoms. The predicted octanol–water partition coefficient (Wildman–Crippen LogP) is 0.784. The van der Waals surface area contributed by atoms with E-state index in [1.165, 1.54) is 7.11 Å². The molecule has 0 amide bonds. The Kier molecular flexibility index (Phi) is 19.9. The van der Waals surface area contributed by atoms with Crippen LogP contribution in [0.5, 0.6) is 0 Å². The van der Waals surface area contributed by atoms with Crippen LogP contribution in [0.25, 0.3) is 0 Å². The molecule has 0 aromatic rings. The molecule has 0 saturated heterocycles. The van der Waals surface area contributed by atoms with Crippen molar-refractivity contribution in [2.24, 2.45) is 0 Å². The van der Waals surface area contributed by atoms with Crippen LogP contribution in [0.2, 0.25) is 0 Å². The summed E-state index contributed by atoms with van der Waals surface area (Å²) in [6.45, 7) is 0. The molecule has 0 aromatic heterocycles. The first-order chi connectivity index (χ1) is 1.41. The van der Waals surface area contributed by atoms with Gasteiger partial charge >= 0.3 is 0 Å². The second-order valence-corrected chi connectivity index (χ2v) is 0.463. The van der Waals surface area contributed by atoms with Gasteiger partial charge in [0.2, 0.25) is 0 Å². The fraction of sp³-hybridized carbons (Fsp3) is 1.00. The number of hydrogen-bond acceptors (Lipinski definition) is 1. The predicted molar refractivity (Wildman–Crippen MR) is 12.9 cm³/mol. The summed E-state index contributed by atoms with van der Waals surface area (Å²) in [7, 11) is 1.39. The quantitative estimate of drug-likeness (QED) is 0.573. The molecule has 0 heterocycles. The first kappa shape index (κ1) is 8.93. The van der Waals surface area contributed by atoms with E-state index in [4.69, 9.17) is 0 Å². The molecule has 0 radical (unpaired) electrons. The Hall–Kier alpha value is 1.12. The van der Waals surface area contributed by atoms with Crippen molar-refractivity contribution < 1.29 is 30.1 Å². The molecule has 0 aliphatic heterocycles. The number of halogens is 1. The third kappa shape index (κ3) is 11.2. The molecular weight excluding hydrogens is 242 g/mol. The molecule has 0 atom stereocenters. The van der Waals surface area contributed by atoms with E-state index in [1.54, 1.807) is 0 Å². The summed E-state index contributed by atoms with van der Waals surface area (Å²) in [5.41, 5.74) is 0. The zero-order valence-electron chi connectivity index (χ0n) is 2.29. The minimum Gasteiger partial charge on any atom is -0.283 e. The Morgan fingerprint density at radius 2 is 1.75 bits per heavy atom. The Labute approximate surface area is 49.2 Å². The van der Waals surface area contributed by atoms with Gasteiger partial charge in [0.15, 0.2) is 0 Å². The van der Waals surface area contributed by atoms with Crippen molar-refractivity contribution >= 4 is 11.9 Å². The monoisotopic (exact) mass is 246 g/mol. The van der Waals surface area contributed by atoms with Crippen LogP contribution in [0.15, 0.2) is 0 Å². The number of hydrogen-bond donors (Lipinski definition) is 0. The van der Waals surface area contributed by atoms with Gasteiger partial charge in [0.1, 0.15) is 0 Å². The first-order valence-corrected chi connectivity index (χ1v) is 0.871. The van der Waals surface area contributed by atoms with Gasteiger partial charge in [0.25, 0.3) is 0 Å². The molecule has 0 N–H and O–H groups in total. The maximum Gasteiger partial charge on any atom is 0.0606 e. The van der Waals surface area contributed by atoms with Crippen molar-refractivity contribution in [2.75, 3.05) is 7.11 Å². The first-order valence-electron chi connectivity index (χ1n) is 0.563. The van der Waals surface area contributed by atoms with Crippen molar-refractivity contribution in [3.05, 3.63) is 0 Å². The summed E-state index contributed by atoms with van der Waals surface area (Å²) in [6, 6.07) is 0. The molecular formula is CH3ClHfO. The maximum absolute atomic E-state index is 4.50. The van der Waals surface area contributed by atoms with Crippen molar-refractivity contribution in [3.63, 3.8) is 0 Å². The summed E-state index contributed by atoms with van der Waals surface area (Å²) in [5.74, 6) is 0. The van der Waals surface area contributed by atoms with E-state index >= 15 is 0 Å². The molecule has 0 saturated carbocycles. The van der Waals surface area contributed by atoms with Gasteiger partial charge in [-0.05, 0) is 0 Å². The van der Waals surface area contributed by atoms with E-state index in [0.29, 0.717) is 0 Å². The van der Waals surface area contributed by atoms with Crippen molar-refractivity contribution in [1.82, 2.24) is 0 Å². The fourth-order valence-corrected chi connectivity index (χ4v) is 0. The standard InChI is InChI=1S/CH3ClO.Hf/c1-3-2;/h1H3;. The number of rotatable bonds is 0. The molecule has 0 fully saturated rings. The largest absolute Gasteiger partial charge is 0.283 e. The molecule has 0 bridgehead atoms. The maximum atomic E-state index is 4.50.